The second-order valence-corrected chi connectivity index (χ2v) is 9.78. The Morgan fingerprint density at radius 2 is 1.85 bits per heavy atom. The van der Waals surface area contributed by atoms with Crippen LogP contribution in [0.1, 0.15) is 50.5 Å². The molecule has 170 valence electrons. The van der Waals surface area contributed by atoms with Crippen LogP contribution < -0.4 is 5.32 Å². The Balaban J connectivity index is 1.25. The van der Waals surface area contributed by atoms with Crippen molar-refractivity contribution in [3.05, 3.63) is 70.3 Å². The Bertz CT molecular complexity index is 1300. The number of pyridine rings is 1. The molecule has 7 heteroatoms. The third-order valence-electron chi connectivity index (χ3n) is 6.74. The number of nitrogens with one attached hydrogen (secondary N) is 1. The minimum Gasteiger partial charge on any atom is -0.367 e. The Hall–Kier alpha value is -2.50. The molecule has 2 aromatic carbocycles. The van der Waals surface area contributed by atoms with Gasteiger partial charge in [-0.05, 0) is 104 Å². The average Bonchev–Trinajstić information content (AvgIpc) is 2.80. The minimum atomic E-state index is -0.205. The van der Waals surface area contributed by atoms with Gasteiger partial charge in [0.05, 0.1) is 16.1 Å². The first-order valence-corrected chi connectivity index (χ1v) is 12.2. The third-order valence-corrected chi connectivity index (χ3v) is 7.22. The highest BCUT2D eigenvalue weighted by Crippen LogP contribution is 2.40. The SMILES string of the molecule is C[C@H](C[C@H]1CC[C@@H](c2ccnc3ccc(F)cc32)CC1)Nc1nc(Cl)nc2c(Cl)cccc12. The lowest BCUT2D eigenvalue weighted by Crippen LogP contribution is -2.23. The molecule has 1 aliphatic carbocycles. The fourth-order valence-corrected chi connectivity index (χ4v) is 5.58. The number of para-hydroxylation sites is 1. The lowest BCUT2D eigenvalue weighted by molar-refractivity contribution is 0.302. The number of nitrogens with zero attached hydrogens (tertiary/aromatic N) is 3. The molecule has 4 aromatic rings. The first-order chi connectivity index (χ1) is 16.0. The van der Waals surface area contributed by atoms with Crippen LogP contribution in [0.2, 0.25) is 10.3 Å². The average molecular weight is 483 g/mol. The highest BCUT2D eigenvalue weighted by molar-refractivity contribution is 6.36. The summed E-state index contributed by atoms with van der Waals surface area (Å²) in [7, 11) is 0. The van der Waals surface area contributed by atoms with E-state index in [-0.39, 0.29) is 17.1 Å². The summed E-state index contributed by atoms with van der Waals surface area (Å²) in [5.41, 5.74) is 2.75. The number of hydrogen-bond acceptors (Lipinski definition) is 4. The van der Waals surface area contributed by atoms with Crippen molar-refractivity contribution in [3.8, 4) is 0 Å². The lowest BCUT2D eigenvalue weighted by Gasteiger charge is -2.31. The summed E-state index contributed by atoms with van der Waals surface area (Å²) in [5.74, 6) is 1.59. The summed E-state index contributed by atoms with van der Waals surface area (Å²) in [6, 6.07) is 12.8. The number of halogens is 3. The van der Waals surface area contributed by atoms with Crippen molar-refractivity contribution in [2.45, 2.75) is 51.0 Å². The molecule has 0 amide bonds. The van der Waals surface area contributed by atoms with Gasteiger partial charge in [0.15, 0.2) is 0 Å². The van der Waals surface area contributed by atoms with E-state index in [9.17, 15) is 4.39 Å². The molecular formula is C26H25Cl2FN4. The number of hydrogen-bond donors (Lipinski definition) is 1. The maximum Gasteiger partial charge on any atom is 0.224 e. The normalized spacial score (nSPS) is 19.6. The van der Waals surface area contributed by atoms with Crippen molar-refractivity contribution in [1.82, 2.24) is 15.0 Å². The summed E-state index contributed by atoms with van der Waals surface area (Å²) in [5, 5.41) is 6.10. The predicted molar refractivity (Wildman–Crippen MR) is 134 cm³/mol. The summed E-state index contributed by atoms with van der Waals surface area (Å²) in [6.07, 6.45) is 7.38. The Morgan fingerprint density at radius 1 is 1.03 bits per heavy atom. The number of anilines is 1. The molecule has 1 N–H and O–H groups in total. The number of fused-ring (bicyclic) bond motifs is 2. The van der Waals surface area contributed by atoms with Crippen molar-refractivity contribution >= 4 is 50.8 Å². The van der Waals surface area contributed by atoms with Crippen molar-refractivity contribution in [2.75, 3.05) is 5.32 Å². The molecule has 2 heterocycles. The van der Waals surface area contributed by atoms with E-state index in [1.165, 1.54) is 11.6 Å². The fourth-order valence-electron chi connectivity index (χ4n) is 5.20. The van der Waals surface area contributed by atoms with Crippen LogP contribution in [-0.2, 0) is 0 Å². The van der Waals surface area contributed by atoms with Gasteiger partial charge in [0.1, 0.15) is 11.6 Å². The van der Waals surface area contributed by atoms with Gasteiger partial charge >= 0.3 is 0 Å². The summed E-state index contributed by atoms with van der Waals surface area (Å²) in [6.45, 7) is 2.18. The van der Waals surface area contributed by atoms with Gasteiger partial charge in [-0.15, -0.1) is 0 Å². The Labute approximate surface area is 202 Å². The predicted octanol–water partition coefficient (Wildman–Crippen LogP) is 7.79. The van der Waals surface area contributed by atoms with Crippen LogP contribution in [0.4, 0.5) is 10.2 Å². The smallest absolute Gasteiger partial charge is 0.224 e. The molecule has 2 aromatic heterocycles. The molecule has 1 fully saturated rings. The summed E-state index contributed by atoms with van der Waals surface area (Å²) in [4.78, 5) is 13.1. The maximum atomic E-state index is 13.9. The third kappa shape index (κ3) is 4.75. The quantitative estimate of drug-likeness (QED) is 0.295. The van der Waals surface area contributed by atoms with E-state index in [1.54, 1.807) is 18.2 Å². The van der Waals surface area contributed by atoms with E-state index >= 15 is 0 Å². The highest BCUT2D eigenvalue weighted by Gasteiger charge is 2.25. The molecule has 0 saturated heterocycles. The molecule has 4 nitrogen and oxygen atoms in total. The van der Waals surface area contributed by atoms with Gasteiger partial charge in [-0.25, -0.2) is 14.4 Å². The molecule has 33 heavy (non-hydrogen) atoms. The van der Waals surface area contributed by atoms with Crippen molar-refractivity contribution in [3.63, 3.8) is 0 Å². The van der Waals surface area contributed by atoms with Crippen LogP contribution >= 0.6 is 23.2 Å². The number of benzene rings is 2. The van der Waals surface area contributed by atoms with E-state index in [1.807, 2.05) is 18.3 Å². The van der Waals surface area contributed by atoms with E-state index < -0.39 is 0 Å². The topological polar surface area (TPSA) is 50.7 Å². The largest absolute Gasteiger partial charge is 0.367 e. The standard InChI is InChI=1S/C26H25Cl2FN4/c1-15(31-25-20-3-2-4-22(27)24(20)32-26(28)33-25)13-16-5-7-17(8-6-16)19-11-12-30-23-10-9-18(29)14-21(19)23/h2-4,9-12,14-17H,5-8,13H2,1H3,(H,31,32,33)/t15-,16-,17+/m1/s1. The molecule has 0 radical (unpaired) electrons. The minimum absolute atomic E-state index is 0.187. The summed E-state index contributed by atoms with van der Waals surface area (Å²) < 4.78 is 13.9. The van der Waals surface area contributed by atoms with Crippen LogP contribution in [0.25, 0.3) is 21.8 Å². The molecular weight excluding hydrogens is 458 g/mol. The van der Waals surface area contributed by atoms with Crippen LogP contribution in [0, 0.1) is 11.7 Å². The van der Waals surface area contributed by atoms with Gasteiger partial charge in [-0.2, -0.15) is 0 Å². The van der Waals surface area contributed by atoms with E-state index in [2.05, 4.69) is 33.3 Å². The van der Waals surface area contributed by atoms with Crippen LogP contribution in [-0.4, -0.2) is 21.0 Å². The lowest BCUT2D eigenvalue weighted by atomic mass is 9.76. The second-order valence-electron chi connectivity index (χ2n) is 9.04. The van der Waals surface area contributed by atoms with E-state index in [0.29, 0.717) is 22.4 Å². The zero-order chi connectivity index (χ0) is 22.9. The Morgan fingerprint density at radius 3 is 2.67 bits per heavy atom. The van der Waals surface area contributed by atoms with Gasteiger partial charge in [0.2, 0.25) is 5.28 Å². The van der Waals surface area contributed by atoms with Crippen molar-refractivity contribution in [2.24, 2.45) is 5.92 Å². The van der Waals surface area contributed by atoms with Crippen LogP contribution in [0.15, 0.2) is 48.7 Å². The second kappa shape index (κ2) is 9.40. The number of aromatic nitrogens is 3. The van der Waals surface area contributed by atoms with Gasteiger partial charge in [-0.3, -0.25) is 4.98 Å². The van der Waals surface area contributed by atoms with E-state index in [4.69, 9.17) is 23.2 Å². The van der Waals surface area contributed by atoms with Crippen molar-refractivity contribution in [1.29, 1.82) is 0 Å². The fraction of sp³-hybridized carbons (Fsp3) is 0.346. The molecule has 5 rings (SSSR count). The maximum absolute atomic E-state index is 13.9. The highest BCUT2D eigenvalue weighted by atomic mass is 35.5. The van der Waals surface area contributed by atoms with Gasteiger partial charge in [0.25, 0.3) is 0 Å². The zero-order valence-electron chi connectivity index (χ0n) is 18.4. The molecule has 0 aliphatic heterocycles. The monoisotopic (exact) mass is 482 g/mol. The zero-order valence-corrected chi connectivity index (χ0v) is 19.9. The van der Waals surface area contributed by atoms with Gasteiger partial charge in [0, 0.05) is 23.0 Å². The van der Waals surface area contributed by atoms with Gasteiger partial charge in [-0.1, -0.05) is 17.7 Å². The Kier molecular flexibility index (Phi) is 6.35. The molecule has 1 aliphatic rings. The molecule has 1 saturated carbocycles. The first kappa shape index (κ1) is 22.3. The molecule has 0 bridgehead atoms. The van der Waals surface area contributed by atoms with E-state index in [0.717, 1.165) is 54.2 Å². The first-order valence-electron chi connectivity index (χ1n) is 11.4. The molecule has 1 atom stereocenters. The van der Waals surface area contributed by atoms with Crippen LogP contribution in [0.3, 0.4) is 0 Å². The van der Waals surface area contributed by atoms with Gasteiger partial charge < -0.3 is 5.32 Å². The van der Waals surface area contributed by atoms with Crippen LogP contribution in [0.5, 0.6) is 0 Å². The van der Waals surface area contributed by atoms with Crippen molar-refractivity contribution < 1.29 is 4.39 Å². The molecule has 0 spiro atoms. The number of rotatable bonds is 5. The molecule has 0 unspecified atom stereocenters. The summed E-state index contributed by atoms with van der Waals surface area (Å²) >= 11 is 12.4.